The van der Waals surface area contributed by atoms with E-state index in [4.69, 9.17) is 0 Å². The average Bonchev–Trinajstić information content (AvgIpc) is 3.17. The maximum absolute atomic E-state index is 12.6. The van der Waals surface area contributed by atoms with Gasteiger partial charge in [0.1, 0.15) is 17.8 Å². The number of nitrogens with one attached hydrogen (secondary N) is 2. The molecule has 1 fully saturated rings. The van der Waals surface area contributed by atoms with Gasteiger partial charge in [0.15, 0.2) is 0 Å². The molecule has 0 aromatic carbocycles. The number of amides is 2. The number of nitrogens with zero attached hydrogens (tertiary/aromatic N) is 3. The first-order valence-corrected chi connectivity index (χ1v) is 9.01. The Morgan fingerprint density at radius 3 is 2.66 bits per heavy atom. The van der Waals surface area contributed by atoms with Gasteiger partial charge in [-0.25, -0.2) is 0 Å². The molecule has 2 aromatic rings. The second-order valence-electron chi connectivity index (χ2n) is 6.91. The minimum atomic E-state index is -4.49. The van der Waals surface area contributed by atoms with Gasteiger partial charge in [-0.3, -0.25) is 19.5 Å². The van der Waals surface area contributed by atoms with E-state index in [0.29, 0.717) is 31.6 Å². The lowest BCUT2D eigenvalue weighted by Gasteiger charge is -2.31. The van der Waals surface area contributed by atoms with Crippen molar-refractivity contribution in [1.82, 2.24) is 25.0 Å². The van der Waals surface area contributed by atoms with Gasteiger partial charge in [-0.2, -0.15) is 18.3 Å². The standard InChI is InChI=1S/C18H20F3N5O3/c1-25-6-2-3-12(16(25)28)17(29)26-7-4-11(5-8-26)13-9-14(24-23-13)15(27)22-10-18(19,20)21/h2-3,6,9,11H,4-5,7-8,10H2,1H3,(H,22,27)(H,23,24). The van der Waals surface area contributed by atoms with Crippen LogP contribution in [0.15, 0.2) is 29.2 Å². The Bertz CT molecular complexity index is 958. The molecule has 2 N–H and O–H groups in total. The third kappa shape index (κ3) is 4.84. The normalized spacial score (nSPS) is 15.4. The topological polar surface area (TPSA) is 100 Å². The van der Waals surface area contributed by atoms with Crippen LogP contribution in [0.4, 0.5) is 13.2 Å². The number of hydrogen-bond acceptors (Lipinski definition) is 4. The van der Waals surface area contributed by atoms with Crippen LogP contribution in [-0.2, 0) is 7.05 Å². The molecule has 0 saturated carbocycles. The molecule has 1 aliphatic heterocycles. The van der Waals surface area contributed by atoms with Crippen molar-refractivity contribution in [3.05, 3.63) is 51.7 Å². The first-order valence-electron chi connectivity index (χ1n) is 9.01. The number of carbonyl (C=O) groups excluding carboxylic acids is 2. The summed E-state index contributed by atoms with van der Waals surface area (Å²) >= 11 is 0. The fourth-order valence-electron chi connectivity index (χ4n) is 3.26. The number of alkyl halides is 3. The molecule has 0 bridgehead atoms. The second kappa shape index (κ2) is 8.10. The number of likely N-dealkylation sites (tertiary alicyclic amines) is 1. The van der Waals surface area contributed by atoms with Crippen molar-refractivity contribution in [2.24, 2.45) is 7.05 Å². The summed E-state index contributed by atoms with van der Waals surface area (Å²) in [5, 5.41) is 8.26. The summed E-state index contributed by atoms with van der Waals surface area (Å²) in [5.41, 5.74) is 0.265. The Kier molecular flexibility index (Phi) is 5.76. The lowest BCUT2D eigenvalue weighted by molar-refractivity contribution is -0.123. The lowest BCUT2D eigenvalue weighted by Crippen LogP contribution is -2.40. The van der Waals surface area contributed by atoms with Crippen LogP contribution in [0, 0.1) is 0 Å². The van der Waals surface area contributed by atoms with Gasteiger partial charge in [0.2, 0.25) is 0 Å². The Balaban J connectivity index is 1.59. The van der Waals surface area contributed by atoms with Crippen molar-refractivity contribution < 1.29 is 22.8 Å². The zero-order valence-electron chi connectivity index (χ0n) is 15.6. The second-order valence-corrected chi connectivity index (χ2v) is 6.91. The molecule has 1 aliphatic rings. The fourth-order valence-corrected chi connectivity index (χ4v) is 3.26. The number of aromatic nitrogens is 3. The molecule has 29 heavy (non-hydrogen) atoms. The number of aryl methyl sites for hydroxylation is 1. The molecule has 156 valence electrons. The molecule has 0 aliphatic carbocycles. The molecule has 0 radical (unpaired) electrons. The molecular weight excluding hydrogens is 391 g/mol. The van der Waals surface area contributed by atoms with E-state index in [0.717, 1.165) is 0 Å². The van der Waals surface area contributed by atoms with Crippen LogP contribution < -0.4 is 10.9 Å². The van der Waals surface area contributed by atoms with Gasteiger partial charge in [-0.1, -0.05) is 0 Å². The molecule has 11 heteroatoms. The van der Waals surface area contributed by atoms with Crippen LogP contribution in [0.1, 0.15) is 45.3 Å². The number of H-pyrrole nitrogens is 1. The molecule has 3 rings (SSSR count). The van der Waals surface area contributed by atoms with Crippen molar-refractivity contribution in [2.45, 2.75) is 24.9 Å². The Labute approximate surface area is 163 Å². The highest BCUT2D eigenvalue weighted by Crippen LogP contribution is 2.27. The molecule has 0 spiro atoms. The summed E-state index contributed by atoms with van der Waals surface area (Å²) in [6, 6.07) is 4.57. The van der Waals surface area contributed by atoms with Crippen LogP contribution in [0.2, 0.25) is 0 Å². The van der Waals surface area contributed by atoms with Crippen LogP contribution in [-0.4, -0.2) is 57.3 Å². The number of halogens is 3. The molecule has 1 saturated heterocycles. The van der Waals surface area contributed by atoms with E-state index in [2.05, 4.69) is 10.2 Å². The summed E-state index contributed by atoms with van der Waals surface area (Å²) in [5.74, 6) is -1.26. The van der Waals surface area contributed by atoms with E-state index in [9.17, 15) is 27.6 Å². The highest BCUT2D eigenvalue weighted by Gasteiger charge is 2.30. The minimum absolute atomic E-state index is 0.0191. The van der Waals surface area contributed by atoms with Gasteiger partial charge in [0, 0.05) is 37.9 Å². The summed E-state index contributed by atoms with van der Waals surface area (Å²) in [4.78, 5) is 38.1. The number of hydrogen-bond donors (Lipinski definition) is 2. The van der Waals surface area contributed by atoms with E-state index >= 15 is 0 Å². The average molecular weight is 411 g/mol. The molecule has 3 heterocycles. The highest BCUT2D eigenvalue weighted by molar-refractivity contribution is 5.94. The quantitative estimate of drug-likeness (QED) is 0.795. The first-order chi connectivity index (χ1) is 13.7. The molecule has 0 atom stereocenters. The third-order valence-corrected chi connectivity index (χ3v) is 4.86. The van der Waals surface area contributed by atoms with E-state index < -0.39 is 18.6 Å². The highest BCUT2D eigenvalue weighted by atomic mass is 19.4. The van der Waals surface area contributed by atoms with Crippen molar-refractivity contribution in [2.75, 3.05) is 19.6 Å². The Hall–Kier alpha value is -3.11. The van der Waals surface area contributed by atoms with Crippen molar-refractivity contribution in [3.8, 4) is 0 Å². The minimum Gasteiger partial charge on any atom is -0.342 e. The summed E-state index contributed by atoms with van der Waals surface area (Å²) in [6.45, 7) is -0.597. The zero-order chi connectivity index (χ0) is 21.2. The fraction of sp³-hybridized carbons (Fsp3) is 0.444. The van der Waals surface area contributed by atoms with Crippen LogP contribution >= 0.6 is 0 Å². The SMILES string of the molecule is Cn1cccc(C(=O)N2CCC(c3cc(C(=O)NCC(F)(F)F)n[nH]3)CC2)c1=O. The first kappa shape index (κ1) is 20.6. The Morgan fingerprint density at radius 2 is 2.00 bits per heavy atom. The number of aromatic amines is 1. The Morgan fingerprint density at radius 1 is 1.31 bits per heavy atom. The van der Waals surface area contributed by atoms with Gasteiger partial charge in [-0.05, 0) is 31.0 Å². The largest absolute Gasteiger partial charge is 0.405 e. The monoisotopic (exact) mass is 411 g/mol. The lowest BCUT2D eigenvalue weighted by atomic mass is 9.93. The number of piperidine rings is 1. The molecule has 2 aromatic heterocycles. The third-order valence-electron chi connectivity index (χ3n) is 4.86. The van der Waals surface area contributed by atoms with E-state index in [-0.39, 0.29) is 28.6 Å². The van der Waals surface area contributed by atoms with Gasteiger partial charge in [-0.15, -0.1) is 0 Å². The molecule has 8 nitrogen and oxygen atoms in total. The predicted molar refractivity (Wildman–Crippen MR) is 96.5 cm³/mol. The van der Waals surface area contributed by atoms with Gasteiger partial charge < -0.3 is 14.8 Å². The maximum atomic E-state index is 12.6. The van der Waals surface area contributed by atoms with Crippen molar-refractivity contribution in [3.63, 3.8) is 0 Å². The summed E-state index contributed by atoms with van der Waals surface area (Å²) in [7, 11) is 1.58. The summed E-state index contributed by atoms with van der Waals surface area (Å²) in [6.07, 6.45) is -1.77. The zero-order valence-corrected chi connectivity index (χ0v) is 15.6. The molecule has 2 amide bonds. The van der Waals surface area contributed by atoms with Crippen LogP contribution in [0.25, 0.3) is 0 Å². The van der Waals surface area contributed by atoms with E-state index in [1.807, 2.05) is 0 Å². The predicted octanol–water partition coefficient (Wildman–Crippen LogP) is 1.42. The smallest absolute Gasteiger partial charge is 0.342 e. The van der Waals surface area contributed by atoms with E-state index in [1.54, 1.807) is 29.5 Å². The van der Waals surface area contributed by atoms with Gasteiger partial charge in [0.25, 0.3) is 17.4 Å². The summed E-state index contributed by atoms with van der Waals surface area (Å²) < 4.78 is 38.0. The van der Waals surface area contributed by atoms with Crippen LogP contribution in [0.3, 0.4) is 0 Å². The maximum Gasteiger partial charge on any atom is 0.405 e. The van der Waals surface area contributed by atoms with Gasteiger partial charge in [0.05, 0.1) is 0 Å². The molecular formula is C18H20F3N5O3. The van der Waals surface area contributed by atoms with Crippen molar-refractivity contribution in [1.29, 1.82) is 0 Å². The number of carbonyl (C=O) groups is 2. The number of rotatable bonds is 4. The van der Waals surface area contributed by atoms with Gasteiger partial charge >= 0.3 is 6.18 Å². The molecule has 0 unspecified atom stereocenters. The van der Waals surface area contributed by atoms with Crippen LogP contribution in [0.5, 0.6) is 0 Å². The number of pyridine rings is 1. The van der Waals surface area contributed by atoms with Crippen molar-refractivity contribution >= 4 is 11.8 Å². The van der Waals surface area contributed by atoms with E-state index in [1.165, 1.54) is 16.7 Å².